The number of carboxylic acid groups (broad SMARTS) is 1. The van der Waals surface area contributed by atoms with Crippen LogP contribution in [0.3, 0.4) is 0 Å². The van der Waals surface area contributed by atoms with E-state index < -0.39 is 36.3 Å². The summed E-state index contributed by atoms with van der Waals surface area (Å²) in [6.45, 7) is 0.967. The zero-order chi connectivity index (χ0) is 16.2. The monoisotopic (exact) mass is 310 g/mol. The molecule has 0 saturated carbocycles. The second kappa shape index (κ2) is 5.05. The fraction of sp³-hybridized carbons (Fsp3) is 0.714. The molecule has 3 rings (SSSR count). The highest BCUT2D eigenvalue weighted by Gasteiger charge is 2.62. The molecule has 3 aliphatic heterocycles. The zero-order valence-electron chi connectivity index (χ0n) is 12.4. The lowest BCUT2D eigenvalue weighted by Crippen LogP contribution is -2.47. The molecule has 3 fully saturated rings. The van der Waals surface area contributed by atoms with Crippen molar-refractivity contribution in [3.8, 4) is 0 Å². The number of imide groups is 1. The SMILES string of the molecule is CC(C(=O)O)N(C)C(=O)CN1C(=O)C2C3CCC(O3)C2C1=O. The van der Waals surface area contributed by atoms with Gasteiger partial charge in [-0.2, -0.15) is 0 Å². The fourth-order valence-electron chi connectivity index (χ4n) is 3.56. The average molecular weight is 310 g/mol. The van der Waals surface area contributed by atoms with Gasteiger partial charge in [0, 0.05) is 7.05 Å². The van der Waals surface area contributed by atoms with E-state index in [4.69, 9.17) is 9.84 Å². The van der Waals surface area contributed by atoms with E-state index in [2.05, 4.69) is 0 Å². The van der Waals surface area contributed by atoms with E-state index in [1.54, 1.807) is 0 Å². The molecule has 3 aliphatic rings. The molecule has 0 spiro atoms. The third kappa shape index (κ3) is 2.01. The molecule has 0 aromatic heterocycles. The quantitative estimate of drug-likeness (QED) is 0.674. The number of hydrogen-bond acceptors (Lipinski definition) is 5. The van der Waals surface area contributed by atoms with E-state index in [9.17, 15) is 19.2 Å². The maximum Gasteiger partial charge on any atom is 0.326 e. The van der Waals surface area contributed by atoms with Crippen molar-refractivity contribution < 1.29 is 29.0 Å². The number of hydrogen-bond donors (Lipinski definition) is 1. The summed E-state index contributed by atoms with van der Waals surface area (Å²) in [5, 5.41) is 8.92. The summed E-state index contributed by atoms with van der Waals surface area (Å²) in [6, 6.07) is -1.01. The summed E-state index contributed by atoms with van der Waals surface area (Å²) in [5.41, 5.74) is 0. The number of ether oxygens (including phenoxy) is 1. The van der Waals surface area contributed by atoms with Gasteiger partial charge >= 0.3 is 5.97 Å². The highest BCUT2D eigenvalue weighted by atomic mass is 16.5. The van der Waals surface area contributed by atoms with E-state index in [1.165, 1.54) is 14.0 Å². The molecule has 0 radical (unpaired) electrons. The summed E-state index contributed by atoms with van der Waals surface area (Å²) in [4.78, 5) is 49.8. The zero-order valence-corrected chi connectivity index (χ0v) is 12.4. The van der Waals surface area contributed by atoms with Gasteiger partial charge in [-0.1, -0.05) is 0 Å². The molecule has 0 aliphatic carbocycles. The normalized spacial score (nSPS) is 34.0. The highest BCUT2D eigenvalue weighted by Crippen LogP contribution is 2.48. The summed E-state index contributed by atoms with van der Waals surface area (Å²) in [6.07, 6.45) is 1.09. The van der Waals surface area contributed by atoms with Crippen LogP contribution in [0, 0.1) is 11.8 Å². The Bertz CT molecular complexity index is 534. The minimum atomic E-state index is -1.14. The number of nitrogens with zero attached hydrogens (tertiary/aromatic N) is 2. The van der Waals surface area contributed by atoms with Crippen molar-refractivity contribution in [1.29, 1.82) is 0 Å². The van der Waals surface area contributed by atoms with Crippen molar-refractivity contribution in [2.45, 2.75) is 38.0 Å². The number of likely N-dealkylation sites (N-methyl/N-ethyl adjacent to an activating group) is 1. The maximum absolute atomic E-state index is 12.4. The summed E-state index contributed by atoms with van der Waals surface area (Å²) < 4.78 is 5.61. The number of likely N-dealkylation sites (tertiary alicyclic amines) is 1. The standard InChI is InChI=1S/C14H18N2O6/c1-6(14(20)21)15(2)9(17)5-16-12(18)10-7-3-4-8(22-7)11(10)13(16)19/h6-8,10-11H,3-5H2,1-2H3,(H,20,21). The Labute approximate surface area is 127 Å². The van der Waals surface area contributed by atoms with Gasteiger partial charge in [0.2, 0.25) is 17.7 Å². The van der Waals surface area contributed by atoms with Crippen LogP contribution in [0.15, 0.2) is 0 Å². The Morgan fingerprint density at radius 1 is 1.27 bits per heavy atom. The number of carbonyl (C=O) groups is 4. The Morgan fingerprint density at radius 2 is 1.77 bits per heavy atom. The van der Waals surface area contributed by atoms with E-state index in [1.807, 2.05) is 0 Å². The second-order valence-electron chi connectivity index (χ2n) is 6.12. The molecule has 5 unspecified atom stereocenters. The van der Waals surface area contributed by atoms with Crippen molar-refractivity contribution in [1.82, 2.24) is 9.80 Å². The number of carbonyl (C=O) groups excluding carboxylic acids is 3. The Hall–Kier alpha value is -1.96. The molecular formula is C14H18N2O6. The second-order valence-corrected chi connectivity index (χ2v) is 6.12. The van der Waals surface area contributed by atoms with Crippen LogP contribution < -0.4 is 0 Å². The van der Waals surface area contributed by atoms with Gasteiger partial charge in [-0.3, -0.25) is 19.3 Å². The van der Waals surface area contributed by atoms with Crippen molar-refractivity contribution >= 4 is 23.7 Å². The largest absolute Gasteiger partial charge is 0.480 e. The molecule has 2 bridgehead atoms. The number of rotatable bonds is 4. The molecule has 22 heavy (non-hydrogen) atoms. The first-order chi connectivity index (χ1) is 10.3. The molecule has 5 atom stereocenters. The average Bonchev–Trinajstić information content (AvgIpc) is 3.15. The Morgan fingerprint density at radius 3 is 2.23 bits per heavy atom. The topological polar surface area (TPSA) is 104 Å². The number of carboxylic acids is 1. The van der Waals surface area contributed by atoms with E-state index in [-0.39, 0.29) is 24.0 Å². The molecule has 8 nitrogen and oxygen atoms in total. The third-order valence-electron chi connectivity index (χ3n) is 5.00. The van der Waals surface area contributed by atoms with Gasteiger partial charge in [-0.25, -0.2) is 4.79 Å². The van der Waals surface area contributed by atoms with Crippen LogP contribution in [0.5, 0.6) is 0 Å². The first-order valence-corrected chi connectivity index (χ1v) is 7.32. The smallest absolute Gasteiger partial charge is 0.326 e. The van der Waals surface area contributed by atoms with Crippen LogP contribution >= 0.6 is 0 Å². The van der Waals surface area contributed by atoms with E-state index >= 15 is 0 Å². The van der Waals surface area contributed by atoms with Crippen LogP contribution in [-0.4, -0.2) is 70.4 Å². The van der Waals surface area contributed by atoms with Crippen molar-refractivity contribution in [3.63, 3.8) is 0 Å². The minimum Gasteiger partial charge on any atom is -0.480 e. The van der Waals surface area contributed by atoms with E-state index in [0.29, 0.717) is 0 Å². The van der Waals surface area contributed by atoms with Gasteiger partial charge in [-0.05, 0) is 19.8 Å². The van der Waals surface area contributed by atoms with Gasteiger partial charge in [0.1, 0.15) is 12.6 Å². The number of fused-ring (bicyclic) bond motifs is 5. The molecule has 3 amide bonds. The van der Waals surface area contributed by atoms with Crippen LogP contribution in [-0.2, 0) is 23.9 Å². The molecule has 3 heterocycles. The molecule has 1 N–H and O–H groups in total. The van der Waals surface area contributed by atoms with Crippen LogP contribution in [0.4, 0.5) is 0 Å². The van der Waals surface area contributed by atoms with Crippen molar-refractivity contribution in [2.75, 3.05) is 13.6 Å². The molecule has 0 aromatic carbocycles. The lowest BCUT2D eigenvalue weighted by atomic mass is 9.81. The molecule has 3 saturated heterocycles. The predicted molar refractivity (Wildman–Crippen MR) is 71.5 cm³/mol. The lowest BCUT2D eigenvalue weighted by molar-refractivity contribution is -0.152. The van der Waals surface area contributed by atoms with Crippen LogP contribution in [0.2, 0.25) is 0 Å². The first-order valence-electron chi connectivity index (χ1n) is 7.32. The Kier molecular flexibility index (Phi) is 3.43. The van der Waals surface area contributed by atoms with Gasteiger partial charge in [0.15, 0.2) is 0 Å². The summed E-state index contributed by atoms with van der Waals surface area (Å²) in [5.74, 6) is -3.38. The van der Waals surface area contributed by atoms with Gasteiger partial charge in [0.25, 0.3) is 0 Å². The van der Waals surface area contributed by atoms with E-state index in [0.717, 1.165) is 22.6 Å². The van der Waals surface area contributed by atoms with Gasteiger partial charge in [0.05, 0.1) is 24.0 Å². The molecule has 8 heteroatoms. The van der Waals surface area contributed by atoms with Crippen LogP contribution in [0.1, 0.15) is 19.8 Å². The van der Waals surface area contributed by atoms with Gasteiger partial charge < -0.3 is 14.7 Å². The molecule has 120 valence electrons. The number of amides is 3. The molecule has 0 aromatic rings. The predicted octanol–water partition coefficient (Wildman–Crippen LogP) is -0.920. The number of aliphatic carboxylic acids is 1. The minimum absolute atomic E-state index is 0.220. The summed E-state index contributed by atoms with van der Waals surface area (Å²) in [7, 11) is 1.35. The summed E-state index contributed by atoms with van der Waals surface area (Å²) >= 11 is 0. The third-order valence-corrected chi connectivity index (χ3v) is 5.00. The fourth-order valence-corrected chi connectivity index (χ4v) is 3.56. The van der Waals surface area contributed by atoms with Crippen molar-refractivity contribution in [2.24, 2.45) is 11.8 Å². The maximum atomic E-state index is 12.4. The first kappa shape index (κ1) is 15.0. The van der Waals surface area contributed by atoms with Gasteiger partial charge in [-0.15, -0.1) is 0 Å². The highest BCUT2D eigenvalue weighted by molar-refractivity contribution is 6.08. The Balaban J connectivity index is 1.71. The lowest BCUT2D eigenvalue weighted by Gasteiger charge is -2.24. The molecular weight excluding hydrogens is 292 g/mol. The van der Waals surface area contributed by atoms with Crippen molar-refractivity contribution in [3.05, 3.63) is 0 Å². The van der Waals surface area contributed by atoms with Crippen LogP contribution in [0.25, 0.3) is 0 Å².